The fraction of sp³-hybridized carbons (Fsp3) is 0.133. The minimum absolute atomic E-state index is 0.223. The van der Waals surface area contributed by atoms with Crippen molar-refractivity contribution in [1.82, 2.24) is 0 Å². The Labute approximate surface area is 119 Å². The van der Waals surface area contributed by atoms with Crippen molar-refractivity contribution in [2.24, 2.45) is 0 Å². The van der Waals surface area contributed by atoms with Crippen molar-refractivity contribution in [2.75, 3.05) is 5.32 Å². The summed E-state index contributed by atoms with van der Waals surface area (Å²) in [5, 5.41) is 11.9. The summed E-state index contributed by atoms with van der Waals surface area (Å²) in [7, 11) is 0. The minimum atomic E-state index is -1.29. The number of aliphatic hydroxyl groups is 1. The highest BCUT2D eigenvalue weighted by molar-refractivity contribution is 6.05. The van der Waals surface area contributed by atoms with Gasteiger partial charge >= 0.3 is 0 Å². The quantitative estimate of drug-likeness (QED) is 0.911. The van der Waals surface area contributed by atoms with E-state index in [4.69, 9.17) is 0 Å². The number of hydrogen-bond donors (Lipinski definition) is 2. The van der Waals surface area contributed by atoms with E-state index in [0.717, 1.165) is 0 Å². The first-order valence-corrected chi connectivity index (χ1v) is 6.13. The lowest BCUT2D eigenvalue weighted by Gasteiger charge is -2.13. The van der Waals surface area contributed by atoms with Crippen molar-refractivity contribution in [1.29, 1.82) is 0 Å². The molecule has 110 valence electrons. The molecule has 0 aromatic heterocycles. The molecule has 0 heterocycles. The monoisotopic (exact) mass is 295 g/mol. The van der Waals surface area contributed by atoms with E-state index >= 15 is 0 Å². The fourth-order valence-electron chi connectivity index (χ4n) is 1.92. The lowest BCUT2D eigenvalue weighted by Crippen LogP contribution is -2.17. The van der Waals surface area contributed by atoms with Crippen LogP contribution in [-0.4, -0.2) is 11.0 Å². The molecule has 0 fully saturated rings. The maximum Gasteiger partial charge on any atom is 0.261 e. The Balaban J connectivity index is 2.36. The van der Waals surface area contributed by atoms with Gasteiger partial charge in [0.1, 0.15) is 23.0 Å². The molecule has 1 amide bonds. The molecule has 0 aliphatic heterocycles. The molecule has 2 aromatic carbocycles. The Hall–Kier alpha value is -2.34. The van der Waals surface area contributed by atoms with E-state index < -0.39 is 35.0 Å². The minimum Gasteiger partial charge on any atom is -0.389 e. The Morgan fingerprint density at radius 1 is 1.14 bits per heavy atom. The molecule has 0 saturated heterocycles. The molecule has 2 N–H and O–H groups in total. The first-order valence-electron chi connectivity index (χ1n) is 6.13. The van der Waals surface area contributed by atoms with E-state index in [0.29, 0.717) is 17.7 Å². The molecule has 2 aromatic rings. The number of carbonyl (C=O) groups is 1. The number of aliphatic hydroxyl groups excluding tert-OH is 1. The number of rotatable bonds is 3. The Kier molecular flexibility index (Phi) is 4.28. The molecule has 21 heavy (non-hydrogen) atoms. The van der Waals surface area contributed by atoms with E-state index in [9.17, 15) is 23.1 Å². The molecule has 1 unspecified atom stereocenters. The third-order valence-corrected chi connectivity index (χ3v) is 2.89. The van der Waals surface area contributed by atoms with Gasteiger partial charge in [0.15, 0.2) is 0 Å². The van der Waals surface area contributed by atoms with Gasteiger partial charge in [-0.1, -0.05) is 18.2 Å². The van der Waals surface area contributed by atoms with Crippen LogP contribution in [0, 0.1) is 17.5 Å². The summed E-state index contributed by atoms with van der Waals surface area (Å²) in [5.74, 6) is -4.75. The number of halogens is 3. The first kappa shape index (κ1) is 15.1. The summed E-state index contributed by atoms with van der Waals surface area (Å²) < 4.78 is 39.9. The predicted octanol–water partition coefficient (Wildman–Crippen LogP) is 3.41. The van der Waals surface area contributed by atoms with Crippen molar-refractivity contribution < 1.29 is 23.1 Å². The molecule has 0 bridgehead atoms. The topological polar surface area (TPSA) is 49.3 Å². The van der Waals surface area contributed by atoms with Gasteiger partial charge in [0.2, 0.25) is 0 Å². The van der Waals surface area contributed by atoms with Gasteiger partial charge in [0.05, 0.1) is 6.10 Å². The van der Waals surface area contributed by atoms with Crippen LogP contribution in [-0.2, 0) is 0 Å². The second kappa shape index (κ2) is 5.97. The second-order valence-electron chi connectivity index (χ2n) is 4.46. The Morgan fingerprint density at radius 2 is 1.71 bits per heavy atom. The SMILES string of the molecule is CC(O)c1ccccc1NC(=O)c1c(F)cc(F)cc1F. The smallest absolute Gasteiger partial charge is 0.261 e. The van der Waals surface area contributed by atoms with Crippen LogP contribution in [0.1, 0.15) is 28.9 Å². The van der Waals surface area contributed by atoms with Crippen molar-refractivity contribution in [3.8, 4) is 0 Å². The summed E-state index contributed by atoms with van der Waals surface area (Å²) in [6, 6.07) is 7.16. The molecule has 0 saturated carbocycles. The van der Waals surface area contributed by atoms with E-state index in [1.165, 1.54) is 13.0 Å². The maximum atomic E-state index is 13.5. The van der Waals surface area contributed by atoms with Gasteiger partial charge in [0, 0.05) is 23.4 Å². The first-order chi connectivity index (χ1) is 9.90. The maximum absolute atomic E-state index is 13.5. The molecule has 0 aliphatic rings. The summed E-state index contributed by atoms with van der Waals surface area (Å²) >= 11 is 0. The molecular weight excluding hydrogens is 283 g/mol. The van der Waals surface area contributed by atoms with Gasteiger partial charge in [-0.05, 0) is 13.0 Å². The molecule has 6 heteroatoms. The van der Waals surface area contributed by atoms with Crippen LogP contribution in [0.25, 0.3) is 0 Å². The van der Waals surface area contributed by atoms with Crippen LogP contribution in [0.15, 0.2) is 36.4 Å². The zero-order valence-electron chi connectivity index (χ0n) is 11.0. The molecule has 0 aliphatic carbocycles. The zero-order valence-corrected chi connectivity index (χ0v) is 11.0. The number of carbonyl (C=O) groups excluding carboxylic acids is 1. The largest absolute Gasteiger partial charge is 0.389 e. The van der Waals surface area contributed by atoms with E-state index in [-0.39, 0.29) is 5.69 Å². The van der Waals surface area contributed by atoms with Crippen LogP contribution < -0.4 is 5.32 Å². The van der Waals surface area contributed by atoms with Crippen molar-refractivity contribution >= 4 is 11.6 Å². The summed E-state index contributed by atoms with van der Waals surface area (Å²) in [4.78, 5) is 11.9. The molecule has 2 rings (SSSR count). The predicted molar refractivity (Wildman–Crippen MR) is 71.3 cm³/mol. The van der Waals surface area contributed by atoms with Gasteiger partial charge in [-0.15, -0.1) is 0 Å². The van der Waals surface area contributed by atoms with Crippen molar-refractivity contribution in [3.63, 3.8) is 0 Å². The molecule has 0 radical (unpaired) electrons. The Morgan fingerprint density at radius 3 is 2.29 bits per heavy atom. The number of nitrogens with one attached hydrogen (secondary N) is 1. The average Bonchev–Trinajstić information content (AvgIpc) is 2.37. The van der Waals surface area contributed by atoms with E-state index in [1.807, 2.05) is 0 Å². The fourth-order valence-corrected chi connectivity index (χ4v) is 1.92. The van der Waals surface area contributed by atoms with Crippen LogP contribution in [0.5, 0.6) is 0 Å². The average molecular weight is 295 g/mol. The van der Waals surface area contributed by atoms with Gasteiger partial charge in [-0.3, -0.25) is 4.79 Å². The third-order valence-electron chi connectivity index (χ3n) is 2.89. The molecule has 3 nitrogen and oxygen atoms in total. The number of hydrogen-bond acceptors (Lipinski definition) is 2. The number of anilines is 1. The highest BCUT2D eigenvalue weighted by atomic mass is 19.1. The van der Waals surface area contributed by atoms with Crippen LogP contribution in [0.2, 0.25) is 0 Å². The summed E-state index contributed by atoms with van der Waals surface area (Å²) in [6.45, 7) is 1.49. The van der Waals surface area contributed by atoms with Crippen molar-refractivity contribution in [2.45, 2.75) is 13.0 Å². The summed E-state index contributed by atoms with van der Waals surface area (Å²) in [6.07, 6.45) is -0.871. The lowest BCUT2D eigenvalue weighted by molar-refractivity contribution is 0.101. The Bertz CT molecular complexity index is 663. The molecular formula is C15H12F3NO2. The highest BCUT2D eigenvalue weighted by Crippen LogP contribution is 2.24. The van der Waals surface area contributed by atoms with Gasteiger partial charge in [0.25, 0.3) is 5.91 Å². The van der Waals surface area contributed by atoms with Gasteiger partial charge in [-0.2, -0.15) is 0 Å². The lowest BCUT2D eigenvalue weighted by atomic mass is 10.1. The van der Waals surface area contributed by atoms with E-state index in [2.05, 4.69) is 5.32 Å². The van der Waals surface area contributed by atoms with Crippen molar-refractivity contribution in [3.05, 3.63) is 65.0 Å². The standard InChI is InChI=1S/C15H12F3NO2/c1-8(20)10-4-2-3-5-13(10)19-15(21)14-11(17)6-9(16)7-12(14)18/h2-8,20H,1H3,(H,19,21). The van der Waals surface area contributed by atoms with Gasteiger partial charge < -0.3 is 10.4 Å². The number of para-hydroxylation sites is 1. The van der Waals surface area contributed by atoms with Crippen LogP contribution in [0.3, 0.4) is 0 Å². The molecule has 1 atom stereocenters. The van der Waals surface area contributed by atoms with Crippen LogP contribution in [0.4, 0.5) is 18.9 Å². The number of amides is 1. The van der Waals surface area contributed by atoms with Crippen LogP contribution >= 0.6 is 0 Å². The summed E-state index contributed by atoms with van der Waals surface area (Å²) in [5.41, 5.74) is -0.258. The number of benzene rings is 2. The second-order valence-corrected chi connectivity index (χ2v) is 4.46. The highest BCUT2D eigenvalue weighted by Gasteiger charge is 2.20. The zero-order chi connectivity index (χ0) is 15.6. The normalized spacial score (nSPS) is 12.0. The third kappa shape index (κ3) is 3.22. The van der Waals surface area contributed by atoms with E-state index in [1.54, 1.807) is 18.2 Å². The van der Waals surface area contributed by atoms with Gasteiger partial charge in [-0.25, -0.2) is 13.2 Å². The molecule has 0 spiro atoms.